The van der Waals surface area contributed by atoms with Crippen LogP contribution in [-0.2, 0) is 9.93 Å². The third kappa shape index (κ3) is 6.31. The molecule has 0 aliphatic carbocycles. The molecule has 0 heterocycles. The Kier molecular flexibility index (Phi) is 8.12. The van der Waals surface area contributed by atoms with E-state index in [1.807, 2.05) is 6.07 Å². The van der Waals surface area contributed by atoms with E-state index in [0.717, 1.165) is 12.8 Å². The van der Waals surface area contributed by atoms with Gasteiger partial charge in [0.05, 0.1) is 6.61 Å². The third-order valence-electron chi connectivity index (χ3n) is 3.76. The Hall–Kier alpha value is -2.21. The highest BCUT2D eigenvalue weighted by atomic mass is 17.5. The summed E-state index contributed by atoms with van der Waals surface area (Å²) in [5, 5.41) is 14.9. The second kappa shape index (κ2) is 10.6. The zero-order chi connectivity index (χ0) is 17.9. The van der Waals surface area contributed by atoms with E-state index in [2.05, 4.69) is 12.0 Å². The normalized spacial score (nSPS) is 11.9. The molecule has 1 atom stereocenters. The van der Waals surface area contributed by atoms with Crippen molar-refractivity contribution < 1.29 is 24.7 Å². The molecular weight excluding hydrogens is 320 g/mol. The van der Waals surface area contributed by atoms with Crippen LogP contribution in [0.3, 0.4) is 0 Å². The molecule has 0 saturated heterocycles. The highest BCUT2D eigenvalue weighted by Gasteiger charge is 2.18. The number of hydrogen-bond donors (Lipinski definition) is 1. The molecule has 2 aromatic carbocycles. The topological polar surface area (TPSA) is 65.0 Å². The van der Waals surface area contributed by atoms with Crippen LogP contribution in [0.1, 0.15) is 54.6 Å². The zero-order valence-corrected chi connectivity index (χ0v) is 14.4. The van der Waals surface area contributed by atoms with E-state index in [4.69, 9.17) is 9.78 Å². The largest absolute Gasteiger partial charge is 0.380 e. The first kappa shape index (κ1) is 19.1. The van der Waals surface area contributed by atoms with E-state index in [0.29, 0.717) is 23.5 Å². The lowest BCUT2D eigenvalue weighted by molar-refractivity contribution is -0.466. The lowest BCUT2D eigenvalue weighted by Crippen LogP contribution is -2.12. The SMILES string of the molecule is CCCCCCOOOc1ccc(C(O)C(=O)c2ccccc2)cc1. The summed E-state index contributed by atoms with van der Waals surface area (Å²) < 4.78 is 0. The number of carbonyl (C=O) groups is 1. The van der Waals surface area contributed by atoms with Crippen molar-refractivity contribution in [3.63, 3.8) is 0 Å². The van der Waals surface area contributed by atoms with Crippen LogP contribution in [0.2, 0.25) is 0 Å². The summed E-state index contributed by atoms with van der Waals surface area (Å²) in [6, 6.07) is 15.1. The minimum atomic E-state index is -1.22. The van der Waals surface area contributed by atoms with Crippen molar-refractivity contribution in [1.82, 2.24) is 0 Å². The van der Waals surface area contributed by atoms with Crippen LogP contribution in [0.5, 0.6) is 5.75 Å². The quantitative estimate of drug-likeness (QED) is 0.283. The fourth-order valence-electron chi connectivity index (χ4n) is 2.30. The molecule has 5 nitrogen and oxygen atoms in total. The highest BCUT2D eigenvalue weighted by Crippen LogP contribution is 2.21. The van der Waals surface area contributed by atoms with Gasteiger partial charge in [-0.05, 0) is 29.2 Å². The Morgan fingerprint density at radius 1 is 1.00 bits per heavy atom. The second-order valence-electron chi connectivity index (χ2n) is 5.74. The molecule has 134 valence electrons. The Morgan fingerprint density at radius 3 is 2.40 bits per heavy atom. The van der Waals surface area contributed by atoms with Crippen LogP contribution in [0.4, 0.5) is 0 Å². The lowest BCUT2D eigenvalue weighted by Gasteiger charge is -2.10. The monoisotopic (exact) mass is 344 g/mol. The molecule has 0 aliphatic rings. The molecule has 0 bridgehead atoms. The van der Waals surface area contributed by atoms with Gasteiger partial charge in [0.25, 0.3) is 0 Å². The molecule has 2 aromatic rings. The number of benzene rings is 2. The van der Waals surface area contributed by atoms with Gasteiger partial charge in [0.15, 0.2) is 11.5 Å². The summed E-state index contributed by atoms with van der Waals surface area (Å²) in [5.74, 6) is 0.0811. The van der Waals surface area contributed by atoms with Gasteiger partial charge in [0, 0.05) is 5.56 Å². The molecule has 1 N–H and O–H groups in total. The molecule has 0 aliphatic heterocycles. The standard InChI is InChI=1S/C20H24O5/c1-2-3-4-8-15-23-25-24-18-13-11-17(12-14-18)20(22)19(21)16-9-6-5-7-10-16/h5-7,9-14,20,22H,2-4,8,15H2,1H3. The van der Waals surface area contributed by atoms with Gasteiger partial charge < -0.3 is 9.99 Å². The maximum absolute atomic E-state index is 12.2. The second-order valence-corrected chi connectivity index (χ2v) is 5.74. The van der Waals surface area contributed by atoms with E-state index in [-0.39, 0.29) is 5.78 Å². The zero-order valence-electron chi connectivity index (χ0n) is 14.4. The lowest BCUT2D eigenvalue weighted by atomic mass is 10.00. The summed E-state index contributed by atoms with van der Waals surface area (Å²) in [4.78, 5) is 22.2. The fraction of sp³-hybridized carbons (Fsp3) is 0.350. The van der Waals surface area contributed by atoms with Crippen molar-refractivity contribution in [2.24, 2.45) is 0 Å². The smallest absolute Gasteiger partial charge is 0.195 e. The number of aliphatic hydroxyl groups excluding tert-OH is 1. The summed E-state index contributed by atoms with van der Waals surface area (Å²) >= 11 is 0. The van der Waals surface area contributed by atoms with E-state index < -0.39 is 6.10 Å². The van der Waals surface area contributed by atoms with Crippen LogP contribution >= 0.6 is 0 Å². The average molecular weight is 344 g/mol. The Labute approximate surface area is 148 Å². The fourth-order valence-corrected chi connectivity index (χ4v) is 2.30. The molecular formula is C20H24O5. The summed E-state index contributed by atoms with van der Waals surface area (Å²) in [7, 11) is 0. The van der Waals surface area contributed by atoms with Crippen LogP contribution < -0.4 is 4.89 Å². The van der Waals surface area contributed by atoms with Gasteiger partial charge in [0.2, 0.25) is 0 Å². The molecule has 0 saturated carbocycles. The Bertz CT molecular complexity index is 624. The van der Waals surface area contributed by atoms with Gasteiger partial charge in [-0.2, -0.15) is 4.89 Å². The summed E-state index contributed by atoms with van der Waals surface area (Å²) in [6.07, 6.45) is 3.15. The Balaban J connectivity index is 1.78. The van der Waals surface area contributed by atoms with Crippen LogP contribution in [0, 0.1) is 0 Å². The average Bonchev–Trinajstić information content (AvgIpc) is 2.67. The predicted molar refractivity (Wildman–Crippen MR) is 94.0 cm³/mol. The van der Waals surface area contributed by atoms with E-state index in [1.165, 1.54) is 12.8 Å². The molecule has 1 unspecified atom stereocenters. The number of rotatable bonds is 11. The minimum absolute atomic E-state index is 0.346. The highest BCUT2D eigenvalue weighted by molar-refractivity contribution is 5.99. The number of hydrogen-bond acceptors (Lipinski definition) is 5. The molecule has 0 radical (unpaired) electrons. The Morgan fingerprint density at radius 2 is 1.72 bits per heavy atom. The maximum atomic E-state index is 12.2. The van der Waals surface area contributed by atoms with E-state index in [1.54, 1.807) is 48.5 Å². The van der Waals surface area contributed by atoms with E-state index in [9.17, 15) is 9.90 Å². The van der Waals surface area contributed by atoms with Crippen molar-refractivity contribution in [2.75, 3.05) is 6.61 Å². The first-order chi connectivity index (χ1) is 12.2. The van der Waals surface area contributed by atoms with Crippen LogP contribution in [0.25, 0.3) is 0 Å². The van der Waals surface area contributed by atoms with Crippen LogP contribution in [-0.4, -0.2) is 17.5 Å². The van der Waals surface area contributed by atoms with Gasteiger partial charge in [-0.15, -0.1) is 0 Å². The first-order valence-electron chi connectivity index (χ1n) is 8.55. The van der Waals surface area contributed by atoms with Gasteiger partial charge in [0.1, 0.15) is 6.10 Å². The molecule has 0 spiro atoms. The van der Waals surface area contributed by atoms with Gasteiger partial charge in [-0.3, -0.25) is 4.79 Å². The third-order valence-corrected chi connectivity index (χ3v) is 3.76. The molecule has 0 amide bonds. The molecule has 0 aromatic heterocycles. The van der Waals surface area contributed by atoms with Crippen molar-refractivity contribution in [1.29, 1.82) is 0 Å². The van der Waals surface area contributed by atoms with Crippen molar-refractivity contribution in [2.45, 2.75) is 38.7 Å². The number of aliphatic hydroxyl groups is 1. The van der Waals surface area contributed by atoms with E-state index >= 15 is 0 Å². The molecule has 25 heavy (non-hydrogen) atoms. The van der Waals surface area contributed by atoms with Gasteiger partial charge >= 0.3 is 0 Å². The first-order valence-corrected chi connectivity index (χ1v) is 8.55. The number of ketones is 1. The summed E-state index contributed by atoms with van der Waals surface area (Å²) in [6.45, 7) is 2.62. The van der Waals surface area contributed by atoms with Crippen molar-refractivity contribution >= 4 is 5.78 Å². The number of Topliss-reactive ketones (excluding diaryl/α,β-unsaturated/α-hetero) is 1. The number of unbranched alkanes of at least 4 members (excludes halogenated alkanes) is 3. The minimum Gasteiger partial charge on any atom is -0.380 e. The maximum Gasteiger partial charge on any atom is 0.195 e. The van der Waals surface area contributed by atoms with Gasteiger partial charge in [-0.25, -0.2) is 0 Å². The molecule has 5 heteroatoms. The summed E-state index contributed by atoms with van der Waals surface area (Å²) in [5.41, 5.74) is 0.955. The molecule has 0 fully saturated rings. The number of carbonyl (C=O) groups excluding carboxylic acids is 1. The van der Waals surface area contributed by atoms with Gasteiger partial charge in [-0.1, -0.05) is 68.7 Å². The predicted octanol–water partition coefficient (Wildman–Crippen LogP) is 4.43. The van der Waals surface area contributed by atoms with Crippen molar-refractivity contribution in [3.05, 3.63) is 65.7 Å². The molecule has 2 rings (SSSR count). The van der Waals surface area contributed by atoms with Crippen LogP contribution in [0.15, 0.2) is 54.6 Å². The van der Waals surface area contributed by atoms with Crippen molar-refractivity contribution in [3.8, 4) is 5.75 Å².